The minimum absolute atomic E-state index is 0.234. The van der Waals surface area contributed by atoms with E-state index in [1.54, 1.807) is 12.5 Å². The van der Waals surface area contributed by atoms with E-state index in [9.17, 15) is 0 Å². The average molecular weight is 336 g/mol. The van der Waals surface area contributed by atoms with E-state index in [-0.39, 0.29) is 6.10 Å². The third-order valence-corrected chi connectivity index (χ3v) is 4.37. The van der Waals surface area contributed by atoms with E-state index in [0.717, 1.165) is 41.8 Å². The molecule has 0 aliphatic carbocycles. The first-order chi connectivity index (χ1) is 12.3. The van der Waals surface area contributed by atoms with E-state index >= 15 is 0 Å². The van der Waals surface area contributed by atoms with Crippen LogP contribution in [0, 0.1) is 6.92 Å². The molecular formula is C19H20N4O2. The van der Waals surface area contributed by atoms with Gasteiger partial charge in [0, 0.05) is 37.3 Å². The number of furan rings is 1. The van der Waals surface area contributed by atoms with E-state index in [4.69, 9.17) is 14.1 Å². The quantitative estimate of drug-likeness (QED) is 0.766. The second kappa shape index (κ2) is 7.03. The minimum atomic E-state index is 0.234. The molecule has 1 atom stereocenters. The lowest BCUT2D eigenvalue weighted by Crippen LogP contribution is -2.19. The molecular weight excluding hydrogens is 316 g/mol. The smallest absolute Gasteiger partial charge is 0.223 e. The maximum absolute atomic E-state index is 5.64. The molecule has 0 spiro atoms. The van der Waals surface area contributed by atoms with Crippen molar-refractivity contribution in [1.82, 2.24) is 15.0 Å². The molecule has 1 saturated heterocycles. The maximum Gasteiger partial charge on any atom is 0.223 e. The molecule has 25 heavy (non-hydrogen) atoms. The van der Waals surface area contributed by atoms with Gasteiger partial charge in [0.05, 0.1) is 12.4 Å². The second-order valence-electron chi connectivity index (χ2n) is 6.14. The zero-order valence-electron chi connectivity index (χ0n) is 14.1. The van der Waals surface area contributed by atoms with Crippen LogP contribution in [-0.2, 0) is 4.74 Å². The van der Waals surface area contributed by atoms with E-state index < -0.39 is 0 Å². The predicted molar refractivity (Wildman–Crippen MR) is 95.2 cm³/mol. The van der Waals surface area contributed by atoms with Gasteiger partial charge in [-0.1, -0.05) is 0 Å². The summed E-state index contributed by atoms with van der Waals surface area (Å²) in [4.78, 5) is 13.4. The molecule has 3 aromatic heterocycles. The van der Waals surface area contributed by atoms with Crippen LogP contribution in [0.3, 0.4) is 0 Å². The summed E-state index contributed by atoms with van der Waals surface area (Å²) in [5.41, 5.74) is 3.81. The molecule has 0 unspecified atom stereocenters. The first-order valence-corrected chi connectivity index (χ1v) is 8.48. The minimum Gasteiger partial charge on any atom is -0.463 e. The molecule has 128 valence electrons. The molecule has 0 amide bonds. The summed E-state index contributed by atoms with van der Waals surface area (Å²) in [6, 6.07) is 5.74. The van der Waals surface area contributed by atoms with E-state index in [1.165, 1.54) is 0 Å². The number of hydrogen-bond acceptors (Lipinski definition) is 6. The number of aryl methyl sites for hydroxylation is 1. The molecule has 3 aromatic rings. The van der Waals surface area contributed by atoms with Gasteiger partial charge in [0.2, 0.25) is 5.95 Å². The van der Waals surface area contributed by atoms with Gasteiger partial charge in [-0.2, -0.15) is 0 Å². The van der Waals surface area contributed by atoms with Crippen LogP contribution in [0.15, 0.2) is 47.5 Å². The van der Waals surface area contributed by atoms with Crippen molar-refractivity contribution in [2.45, 2.75) is 25.9 Å². The highest BCUT2D eigenvalue weighted by molar-refractivity contribution is 5.80. The zero-order valence-corrected chi connectivity index (χ0v) is 14.1. The standard InChI is InChI=1S/C19H20N4O2/c1-13-10-20-7-6-15(13)16-12-22-19(21-11-14-4-2-8-24-14)23-18(16)17-5-3-9-25-17/h3,5-7,9-10,12,14H,2,4,8,11H2,1H3,(H,21,22,23)/t14-/m1/s1. The molecule has 1 fully saturated rings. The normalized spacial score (nSPS) is 16.9. The Kier molecular flexibility index (Phi) is 4.43. The van der Waals surface area contributed by atoms with Gasteiger partial charge in [0.25, 0.3) is 0 Å². The van der Waals surface area contributed by atoms with Crippen LogP contribution in [-0.4, -0.2) is 34.2 Å². The number of ether oxygens (including phenoxy) is 1. The maximum atomic E-state index is 5.64. The summed E-state index contributed by atoms with van der Waals surface area (Å²) in [5.74, 6) is 1.30. The van der Waals surface area contributed by atoms with Crippen molar-refractivity contribution in [2.75, 3.05) is 18.5 Å². The largest absolute Gasteiger partial charge is 0.463 e. The number of hydrogen-bond donors (Lipinski definition) is 1. The van der Waals surface area contributed by atoms with Crippen molar-refractivity contribution in [3.8, 4) is 22.6 Å². The molecule has 0 saturated carbocycles. The fraction of sp³-hybridized carbons (Fsp3) is 0.316. The van der Waals surface area contributed by atoms with Crippen molar-refractivity contribution in [3.63, 3.8) is 0 Å². The van der Waals surface area contributed by atoms with Gasteiger partial charge in [-0.15, -0.1) is 0 Å². The van der Waals surface area contributed by atoms with Crippen LogP contribution >= 0.6 is 0 Å². The first kappa shape index (κ1) is 15.8. The highest BCUT2D eigenvalue weighted by atomic mass is 16.5. The number of pyridine rings is 1. The van der Waals surface area contributed by atoms with Crippen LogP contribution in [0.1, 0.15) is 18.4 Å². The Labute approximate surface area is 146 Å². The van der Waals surface area contributed by atoms with Crippen molar-refractivity contribution >= 4 is 5.95 Å². The third-order valence-electron chi connectivity index (χ3n) is 4.37. The Hall–Kier alpha value is -2.73. The molecule has 0 radical (unpaired) electrons. The summed E-state index contributed by atoms with van der Waals surface area (Å²) < 4.78 is 11.2. The molecule has 0 aromatic carbocycles. The predicted octanol–water partition coefficient (Wildman–Crippen LogP) is 3.70. The van der Waals surface area contributed by atoms with Gasteiger partial charge in [-0.25, -0.2) is 9.97 Å². The molecule has 6 heteroatoms. The monoisotopic (exact) mass is 336 g/mol. The lowest BCUT2D eigenvalue weighted by atomic mass is 10.0. The summed E-state index contributed by atoms with van der Waals surface area (Å²) in [7, 11) is 0. The molecule has 6 nitrogen and oxygen atoms in total. The number of anilines is 1. The molecule has 4 rings (SSSR count). The lowest BCUT2D eigenvalue weighted by Gasteiger charge is -2.13. The first-order valence-electron chi connectivity index (χ1n) is 8.48. The molecule has 1 aliphatic heterocycles. The summed E-state index contributed by atoms with van der Waals surface area (Å²) in [6.07, 6.45) is 9.53. The van der Waals surface area contributed by atoms with Crippen LogP contribution in [0.5, 0.6) is 0 Å². The lowest BCUT2D eigenvalue weighted by molar-refractivity contribution is 0.120. The van der Waals surface area contributed by atoms with E-state index in [1.807, 2.05) is 37.5 Å². The highest BCUT2D eigenvalue weighted by Gasteiger charge is 2.18. The van der Waals surface area contributed by atoms with Crippen LogP contribution in [0.4, 0.5) is 5.95 Å². The van der Waals surface area contributed by atoms with Crippen molar-refractivity contribution < 1.29 is 9.15 Å². The van der Waals surface area contributed by atoms with Crippen molar-refractivity contribution in [2.24, 2.45) is 0 Å². The van der Waals surface area contributed by atoms with Crippen molar-refractivity contribution in [3.05, 3.63) is 48.6 Å². The zero-order chi connectivity index (χ0) is 17.1. The highest BCUT2D eigenvalue weighted by Crippen LogP contribution is 2.32. The van der Waals surface area contributed by atoms with Gasteiger partial charge in [0.15, 0.2) is 5.76 Å². The second-order valence-corrected chi connectivity index (χ2v) is 6.14. The average Bonchev–Trinajstić information content (AvgIpc) is 3.34. The molecule has 1 N–H and O–H groups in total. The third kappa shape index (κ3) is 3.39. The van der Waals surface area contributed by atoms with E-state index in [2.05, 4.69) is 15.3 Å². The van der Waals surface area contributed by atoms with Gasteiger partial charge < -0.3 is 14.5 Å². The van der Waals surface area contributed by atoms with Gasteiger partial charge in [-0.3, -0.25) is 4.98 Å². The van der Waals surface area contributed by atoms with E-state index in [0.29, 0.717) is 18.3 Å². The summed E-state index contributed by atoms with van der Waals surface area (Å²) in [5, 5.41) is 3.28. The van der Waals surface area contributed by atoms with Gasteiger partial charge in [-0.05, 0) is 49.1 Å². The Balaban J connectivity index is 1.68. The Morgan fingerprint density at radius 1 is 1.24 bits per heavy atom. The Morgan fingerprint density at radius 2 is 2.20 bits per heavy atom. The fourth-order valence-electron chi connectivity index (χ4n) is 3.05. The molecule has 0 bridgehead atoms. The topological polar surface area (TPSA) is 73.1 Å². The Morgan fingerprint density at radius 3 is 2.96 bits per heavy atom. The van der Waals surface area contributed by atoms with Gasteiger partial charge >= 0.3 is 0 Å². The number of nitrogens with zero attached hydrogens (tertiary/aromatic N) is 3. The van der Waals surface area contributed by atoms with Crippen LogP contribution < -0.4 is 5.32 Å². The number of nitrogens with one attached hydrogen (secondary N) is 1. The van der Waals surface area contributed by atoms with Crippen LogP contribution in [0.2, 0.25) is 0 Å². The molecule has 4 heterocycles. The fourth-order valence-corrected chi connectivity index (χ4v) is 3.05. The molecule has 1 aliphatic rings. The summed E-state index contributed by atoms with van der Waals surface area (Å²) >= 11 is 0. The van der Waals surface area contributed by atoms with Crippen LogP contribution in [0.25, 0.3) is 22.6 Å². The number of rotatable bonds is 5. The van der Waals surface area contributed by atoms with Gasteiger partial charge in [0.1, 0.15) is 5.69 Å². The SMILES string of the molecule is Cc1cnccc1-c1cnc(NC[C@H]2CCCO2)nc1-c1ccco1. The van der Waals surface area contributed by atoms with Crippen molar-refractivity contribution in [1.29, 1.82) is 0 Å². The number of aromatic nitrogens is 3. The summed E-state index contributed by atoms with van der Waals surface area (Å²) in [6.45, 7) is 3.58. The Bertz CT molecular complexity index is 842.